The van der Waals surface area contributed by atoms with Crippen LogP contribution in [0.2, 0.25) is 0 Å². The molecule has 0 aliphatic heterocycles. The predicted octanol–water partition coefficient (Wildman–Crippen LogP) is 2.10. The van der Waals surface area contributed by atoms with Crippen LogP contribution in [0.1, 0.15) is 12.8 Å². The number of hydrogen-bond donors (Lipinski definition) is 0. The van der Waals surface area contributed by atoms with Crippen LogP contribution in [0.4, 0.5) is 13.2 Å². The van der Waals surface area contributed by atoms with E-state index in [4.69, 9.17) is 0 Å². The molecular formula is C8H11F3O2. The third-order valence-corrected chi connectivity index (χ3v) is 1.16. The third kappa shape index (κ3) is 9.07. The van der Waals surface area contributed by atoms with Crippen molar-refractivity contribution in [2.75, 3.05) is 13.2 Å². The van der Waals surface area contributed by atoms with E-state index in [0.29, 0.717) is 6.42 Å². The average molecular weight is 196 g/mol. The minimum atomic E-state index is -4.36. The van der Waals surface area contributed by atoms with Crippen molar-refractivity contribution >= 4 is 5.78 Å². The second kappa shape index (κ2) is 5.75. The Balaban J connectivity index is 3.42. The Morgan fingerprint density at radius 1 is 1.46 bits per heavy atom. The molecule has 0 fully saturated rings. The van der Waals surface area contributed by atoms with E-state index in [1.54, 1.807) is 0 Å². The molecule has 13 heavy (non-hydrogen) atoms. The third-order valence-electron chi connectivity index (χ3n) is 1.16. The highest BCUT2D eigenvalue weighted by atomic mass is 19.4. The second-order valence-corrected chi connectivity index (χ2v) is 2.47. The van der Waals surface area contributed by atoms with Gasteiger partial charge in [0.2, 0.25) is 0 Å². The maximum absolute atomic E-state index is 11.5. The largest absolute Gasteiger partial charge is 0.411 e. The highest BCUT2D eigenvalue weighted by Crippen LogP contribution is 2.14. The van der Waals surface area contributed by atoms with E-state index in [9.17, 15) is 18.0 Å². The fraction of sp³-hybridized carbons (Fsp3) is 0.625. The predicted molar refractivity (Wildman–Crippen MR) is 41.3 cm³/mol. The van der Waals surface area contributed by atoms with Gasteiger partial charge in [0.1, 0.15) is 13.2 Å². The molecule has 76 valence electrons. The minimum absolute atomic E-state index is 0.182. The van der Waals surface area contributed by atoms with Crippen LogP contribution in [0, 0.1) is 0 Å². The second-order valence-electron chi connectivity index (χ2n) is 2.47. The number of alkyl halides is 3. The Bertz CT molecular complexity index is 175. The minimum Gasteiger partial charge on any atom is -0.364 e. The van der Waals surface area contributed by atoms with E-state index in [-0.39, 0.29) is 12.2 Å². The fourth-order valence-corrected chi connectivity index (χ4v) is 0.616. The Labute approximate surface area is 74.4 Å². The van der Waals surface area contributed by atoms with Crippen molar-refractivity contribution in [1.29, 1.82) is 0 Å². The molecule has 0 atom stereocenters. The topological polar surface area (TPSA) is 26.3 Å². The van der Waals surface area contributed by atoms with E-state index in [0.717, 1.165) is 0 Å². The Hall–Kier alpha value is -0.840. The Kier molecular flexibility index (Phi) is 5.37. The first kappa shape index (κ1) is 12.2. The first-order chi connectivity index (χ1) is 5.95. The van der Waals surface area contributed by atoms with Crippen molar-refractivity contribution in [2.24, 2.45) is 0 Å². The lowest BCUT2D eigenvalue weighted by Crippen LogP contribution is -2.20. The highest BCUT2D eigenvalue weighted by Gasteiger charge is 2.27. The summed E-state index contributed by atoms with van der Waals surface area (Å²) >= 11 is 0. The number of Topliss-reactive ketones (excluding diaryl/α,β-unsaturated/α-hetero) is 1. The molecule has 0 aliphatic rings. The normalized spacial score (nSPS) is 11.3. The van der Waals surface area contributed by atoms with Gasteiger partial charge >= 0.3 is 6.18 Å². The molecule has 0 amide bonds. The molecule has 0 aromatic rings. The first-order valence-corrected chi connectivity index (χ1v) is 3.73. The summed E-state index contributed by atoms with van der Waals surface area (Å²) < 4.78 is 38.7. The van der Waals surface area contributed by atoms with Gasteiger partial charge < -0.3 is 4.74 Å². The molecule has 5 heteroatoms. The SMILES string of the molecule is C=CCCC(=O)COCC(F)(F)F. The smallest absolute Gasteiger partial charge is 0.364 e. The van der Waals surface area contributed by atoms with Gasteiger partial charge in [-0.05, 0) is 6.42 Å². The number of carbonyl (C=O) groups excluding carboxylic acids is 1. The van der Waals surface area contributed by atoms with Gasteiger partial charge in [0, 0.05) is 6.42 Å². The zero-order valence-corrected chi connectivity index (χ0v) is 7.06. The highest BCUT2D eigenvalue weighted by molar-refractivity contribution is 5.79. The lowest BCUT2D eigenvalue weighted by molar-refractivity contribution is -0.175. The number of ether oxygens (including phenoxy) is 1. The summed E-state index contributed by atoms with van der Waals surface area (Å²) in [5.41, 5.74) is 0. The maximum atomic E-state index is 11.5. The number of rotatable bonds is 6. The van der Waals surface area contributed by atoms with Gasteiger partial charge in [-0.25, -0.2) is 0 Å². The van der Waals surface area contributed by atoms with Crippen molar-refractivity contribution in [3.63, 3.8) is 0 Å². The molecule has 0 aromatic carbocycles. The van der Waals surface area contributed by atoms with Gasteiger partial charge in [0.25, 0.3) is 0 Å². The Morgan fingerprint density at radius 2 is 2.08 bits per heavy atom. The molecule has 0 aliphatic carbocycles. The molecule has 0 bridgehead atoms. The van der Waals surface area contributed by atoms with Gasteiger partial charge in [-0.2, -0.15) is 13.2 Å². The van der Waals surface area contributed by atoms with Crippen molar-refractivity contribution in [1.82, 2.24) is 0 Å². The molecule has 0 rings (SSSR count). The zero-order chi connectivity index (χ0) is 10.3. The van der Waals surface area contributed by atoms with Gasteiger partial charge in [-0.3, -0.25) is 4.79 Å². The number of allylic oxidation sites excluding steroid dienone is 1. The molecule has 2 nitrogen and oxygen atoms in total. The fourth-order valence-electron chi connectivity index (χ4n) is 0.616. The van der Waals surface area contributed by atoms with Gasteiger partial charge in [0.15, 0.2) is 5.78 Å². The van der Waals surface area contributed by atoms with E-state index in [1.165, 1.54) is 6.08 Å². The summed E-state index contributed by atoms with van der Waals surface area (Å²) in [5, 5.41) is 0. The molecule has 0 radical (unpaired) electrons. The van der Waals surface area contributed by atoms with Crippen LogP contribution in [-0.4, -0.2) is 25.2 Å². The van der Waals surface area contributed by atoms with Crippen molar-refractivity contribution in [2.45, 2.75) is 19.0 Å². The van der Waals surface area contributed by atoms with Crippen LogP contribution in [0.25, 0.3) is 0 Å². The number of hydrogen-bond acceptors (Lipinski definition) is 2. The zero-order valence-electron chi connectivity index (χ0n) is 7.06. The van der Waals surface area contributed by atoms with Crippen LogP contribution < -0.4 is 0 Å². The van der Waals surface area contributed by atoms with Crippen LogP contribution in [0.3, 0.4) is 0 Å². The van der Waals surface area contributed by atoms with Gasteiger partial charge in [0.05, 0.1) is 0 Å². The van der Waals surface area contributed by atoms with Crippen molar-refractivity contribution in [3.05, 3.63) is 12.7 Å². The van der Waals surface area contributed by atoms with Crippen molar-refractivity contribution in [3.8, 4) is 0 Å². The van der Waals surface area contributed by atoms with E-state index in [2.05, 4.69) is 11.3 Å². The quantitative estimate of drug-likeness (QED) is 0.608. The molecule has 0 saturated heterocycles. The molecule has 0 aromatic heterocycles. The molecule has 0 spiro atoms. The van der Waals surface area contributed by atoms with Crippen LogP contribution in [-0.2, 0) is 9.53 Å². The lowest BCUT2D eigenvalue weighted by atomic mass is 10.2. The molecule has 0 unspecified atom stereocenters. The number of carbonyl (C=O) groups is 1. The Morgan fingerprint density at radius 3 is 2.54 bits per heavy atom. The summed E-state index contributed by atoms with van der Waals surface area (Å²) in [5.74, 6) is -0.343. The first-order valence-electron chi connectivity index (χ1n) is 3.73. The monoisotopic (exact) mass is 196 g/mol. The summed E-state index contributed by atoms with van der Waals surface area (Å²) in [4.78, 5) is 10.7. The maximum Gasteiger partial charge on any atom is 0.411 e. The van der Waals surface area contributed by atoms with Crippen LogP contribution in [0.5, 0.6) is 0 Å². The van der Waals surface area contributed by atoms with Crippen LogP contribution in [0.15, 0.2) is 12.7 Å². The summed E-state index contributed by atoms with van der Waals surface area (Å²) in [6.07, 6.45) is -2.18. The van der Waals surface area contributed by atoms with E-state index >= 15 is 0 Å². The number of halogens is 3. The van der Waals surface area contributed by atoms with E-state index < -0.39 is 19.4 Å². The standard InChI is InChI=1S/C8H11F3O2/c1-2-3-4-7(12)5-13-6-8(9,10)11/h2H,1,3-6H2. The lowest BCUT2D eigenvalue weighted by Gasteiger charge is -2.06. The summed E-state index contributed by atoms with van der Waals surface area (Å²) in [6, 6.07) is 0. The van der Waals surface area contributed by atoms with Crippen LogP contribution >= 0.6 is 0 Å². The van der Waals surface area contributed by atoms with Gasteiger partial charge in [-0.15, -0.1) is 6.58 Å². The average Bonchev–Trinajstić information content (AvgIpc) is 1.98. The molecule has 0 heterocycles. The van der Waals surface area contributed by atoms with Crippen molar-refractivity contribution < 1.29 is 22.7 Å². The van der Waals surface area contributed by atoms with Gasteiger partial charge in [-0.1, -0.05) is 6.08 Å². The molecular weight excluding hydrogens is 185 g/mol. The summed E-state index contributed by atoms with van der Waals surface area (Å²) in [7, 11) is 0. The molecule has 0 saturated carbocycles. The molecule has 0 N–H and O–H groups in total. The summed E-state index contributed by atoms with van der Waals surface area (Å²) in [6.45, 7) is 1.53. The number of ketones is 1. The van der Waals surface area contributed by atoms with E-state index in [1.807, 2.05) is 0 Å².